The molecule has 0 amide bonds. The zero-order chi connectivity index (χ0) is 13.0. The Hall–Kier alpha value is -2.07. The molecule has 0 aliphatic heterocycles. The number of hydrogen-bond donors (Lipinski definition) is 0. The van der Waals surface area contributed by atoms with Crippen LogP contribution in [0.3, 0.4) is 0 Å². The second-order valence-corrected chi connectivity index (χ2v) is 3.75. The first-order valence-electron chi connectivity index (χ1n) is 5.54. The maximum atomic E-state index is 11.0. The number of carbonyl (C=O) groups excluding carboxylic acids is 1. The molecule has 2 aromatic rings. The van der Waals surface area contributed by atoms with Gasteiger partial charge in [0.15, 0.2) is 6.79 Å². The predicted molar refractivity (Wildman–Crippen MR) is 67.8 cm³/mol. The summed E-state index contributed by atoms with van der Waals surface area (Å²) in [6.45, 7) is 1.56. The molecule has 0 saturated carbocycles. The van der Waals surface area contributed by atoms with Gasteiger partial charge in [0.1, 0.15) is 11.5 Å². The molecule has 0 aliphatic rings. The summed E-state index contributed by atoms with van der Waals surface area (Å²) in [7, 11) is 1.56. The minimum atomic E-state index is -0.342. The van der Waals surface area contributed by atoms with Crippen molar-refractivity contribution in [3.05, 3.63) is 36.4 Å². The highest BCUT2D eigenvalue weighted by Crippen LogP contribution is 2.32. The first-order chi connectivity index (χ1) is 8.72. The third-order valence-corrected chi connectivity index (χ3v) is 2.43. The number of esters is 1. The first-order valence-corrected chi connectivity index (χ1v) is 5.54. The van der Waals surface area contributed by atoms with E-state index in [-0.39, 0.29) is 12.8 Å². The Morgan fingerprint density at radius 3 is 2.28 bits per heavy atom. The summed E-state index contributed by atoms with van der Waals surface area (Å²) in [4.78, 5) is 11.0. The van der Waals surface area contributed by atoms with Crippen molar-refractivity contribution in [2.24, 2.45) is 0 Å². The molecule has 0 radical (unpaired) electrons. The van der Waals surface area contributed by atoms with Crippen LogP contribution in [0.15, 0.2) is 36.4 Å². The Bertz CT molecular complexity index is 563. The van der Waals surface area contributed by atoms with Crippen LogP contribution in [-0.2, 0) is 9.53 Å². The quantitative estimate of drug-likeness (QED) is 0.472. The van der Waals surface area contributed by atoms with Gasteiger partial charge in [0, 0.05) is 24.8 Å². The monoisotopic (exact) mass is 246 g/mol. The zero-order valence-electron chi connectivity index (χ0n) is 10.3. The largest absolute Gasteiger partial charge is 0.467 e. The summed E-state index contributed by atoms with van der Waals surface area (Å²) >= 11 is 0. The van der Waals surface area contributed by atoms with Crippen molar-refractivity contribution < 1.29 is 19.0 Å². The Kier molecular flexibility index (Phi) is 3.79. The van der Waals surface area contributed by atoms with Crippen molar-refractivity contribution in [2.45, 2.75) is 6.92 Å². The van der Waals surface area contributed by atoms with E-state index in [1.165, 1.54) is 6.92 Å². The van der Waals surface area contributed by atoms with Crippen LogP contribution in [0.25, 0.3) is 10.8 Å². The molecule has 0 atom stereocenters. The minimum absolute atomic E-state index is 0.177. The number of benzene rings is 2. The van der Waals surface area contributed by atoms with Gasteiger partial charge in [-0.3, -0.25) is 4.79 Å². The molecule has 0 aliphatic carbocycles. The Morgan fingerprint density at radius 1 is 1.06 bits per heavy atom. The fourth-order valence-electron chi connectivity index (χ4n) is 1.74. The van der Waals surface area contributed by atoms with Gasteiger partial charge in [0.05, 0.1) is 0 Å². The van der Waals surface area contributed by atoms with Gasteiger partial charge in [0.2, 0.25) is 0 Å². The lowest BCUT2D eigenvalue weighted by Gasteiger charge is -2.10. The molecule has 0 heterocycles. The third kappa shape index (κ3) is 2.60. The molecule has 18 heavy (non-hydrogen) atoms. The van der Waals surface area contributed by atoms with Gasteiger partial charge in [-0.25, -0.2) is 0 Å². The second-order valence-electron chi connectivity index (χ2n) is 3.75. The van der Waals surface area contributed by atoms with Crippen molar-refractivity contribution in [2.75, 3.05) is 13.9 Å². The van der Waals surface area contributed by atoms with E-state index in [1.807, 2.05) is 30.3 Å². The maximum Gasteiger partial charge on any atom is 0.308 e. The predicted octanol–water partition coefficient (Wildman–Crippen LogP) is 2.75. The van der Waals surface area contributed by atoms with Gasteiger partial charge in [-0.05, 0) is 12.1 Å². The standard InChI is InChI=1S/C14H14O4/c1-10(15)18-14-8-4-5-11-12(14)6-3-7-13(11)17-9-16-2/h3-8H,9H2,1-2H3. The van der Waals surface area contributed by atoms with Gasteiger partial charge in [-0.2, -0.15) is 0 Å². The Morgan fingerprint density at radius 2 is 1.67 bits per heavy atom. The summed E-state index contributed by atoms with van der Waals surface area (Å²) in [5, 5.41) is 1.72. The lowest BCUT2D eigenvalue weighted by Crippen LogP contribution is -2.02. The SMILES string of the molecule is COCOc1cccc2c(OC(C)=O)cccc12. The summed E-state index contributed by atoms with van der Waals surface area (Å²) in [5.41, 5.74) is 0. The van der Waals surface area contributed by atoms with Gasteiger partial charge < -0.3 is 14.2 Å². The summed E-state index contributed by atoms with van der Waals surface area (Å²) in [6.07, 6.45) is 0. The van der Waals surface area contributed by atoms with E-state index in [1.54, 1.807) is 13.2 Å². The molecule has 4 nitrogen and oxygen atoms in total. The smallest absolute Gasteiger partial charge is 0.308 e. The number of fused-ring (bicyclic) bond motifs is 1. The molecular formula is C14H14O4. The van der Waals surface area contributed by atoms with Crippen LogP contribution in [0, 0.1) is 0 Å². The second kappa shape index (κ2) is 5.51. The highest BCUT2D eigenvalue weighted by Gasteiger charge is 2.08. The molecular weight excluding hydrogens is 232 g/mol. The molecule has 0 fully saturated rings. The molecule has 0 unspecified atom stereocenters. The van der Waals surface area contributed by atoms with Gasteiger partial charge in [-0.1, -0.05) is 24.3 Å². The molecule has 4 heteroatoms. The number of methoxy groups -OCH3 is 1. The van der Waals surface area contributed by atoms with E-state index in [0.717, 1.165) is 10.8 Å². The van der Waals surface area contributed by atoms with E-state index in [9.17, 15) is 4.79 Å². The van der Waals surface area contributed by atoms with Crippen LogP contribution >= 0.6 is 0 Å². The zero-order valence-corrected chi connectivity index (χ0v) is 10.3. The van der Waals surface area contributed by atoms with Gasteiger partial charge in [-0.15, -0.1) is 0 Å². The van der Waals surface area contributed by atoms with Gasteiger partial charge >= 0.3 is 5.97 Å². The molecule has 94 valence electrons. The van der Waals surface area contributed by atoms with Crippen LogP contribution in [0.2, 0.25) is 0 Å². The van der Waals surface area contributed by atoms with Crippen molar-refractivity contribution in [1.29, 1.82) is 0 Å². The lowest BCUT2D eigenvalue weighted by molar-refractivity contribution is -0.131. The van der Waals surface area contributed by atoms with Crippen LogP contribution in [0.1, 0.15) is 6.92 Å². The third-order valence-electron chi connectivity index (χ3n) is 2.43. The first kappa shape index (κ1) is 12.4. The summed E-state index contributed by atoms with van der Waals surface area (Å²) < 4.78 is 15.5. The highest BCUT2D eigenvalue weighted by atomic mass is 16.7. The molecule has 0 spiro atoms. The molecule has 2 rings (SSSR count). The number of hydrogen-bond acceptors (Lipinski definition) is 4. The topological polar surface area (TPSA) is 44.8 Å². The minimum Gasteiger partial charge on any atom is -0.467 e. The average Bonchev–Trinajstić information content (AvgIpc) is 2.36. The average molecular weight is 246 g/mol. The van der Waals surface area contributed by atoms with Gasteiger partial charge in [0.25, 0.3) is 0 Å². The highest BCUT2D eigenvalue weighted by molar-refractivity contribution is 5.94. The fraction of sp³-hybridized carbons (Fsp3) is 0.214. The van der Waals surface area contributed by atoms with Crippen molar-refractivity contribution in [3.8, 4) is 11.5 Å². The maximum absolute atomic E-state index is 11.0. The number of ether oxygens (including phenoxy) is 3. The molecule has 0 N–H and O–H groups in total. The lowest BCUT2D eigenvalue weighted by atomic mass is 10.1. The van der Waals surface area contributed by atoms with E-state index in [4.69, 9.17) is 14.2 Å². The van der Waals surface area contributed by atoms with Crippen LogP contribution in [0.5, 0.6) is 11.5 Å². The van der Waals surface area contributed by atoms with Crippen LogP contribution in [0.4, 0.5) is 0 Å². The molecule has 0 aromatic heterocycles. The fourth-order valence-corrected chi connectivity index (χ4v) is 1.74. The van der Waals surface area contributed by atoms with Crippen molar-refractivity contribution in [1.82, 2.24) is 0 Å². The Labute approximate surface area is 105 Å². The van der Waals surface area contributed by atoms with E-state index in [2.05, 4.69) is 0 Å². The van der Waals surface area contributed by atoms with E-state index in [0.29, 0.717) is 11.5 Å². The molecule has 0 saturated heterocycles. The van der Waals surface area contributed by atoms with Crippen molar-refractivity contribution >= 4 is 16.7 Å². The normalized spacial score (nSPS) is 10.3. The van der Waals surface area contributed by atoms with Crippen LogP contribution < -0.4 is 9.47 Å². The van der Waals surface area contributed by atoms with E-state index >= 15 is 0 Å². The number of carbonyl (C=O) groups is 1. The summed E-state index contributed by atoms with van der Waals surface area (Å²) in [6, 6.07) is 11.1. The number of rotatable bonds is 4. The van der Waals surface area contributed by atoms with Crippen LogP contribution in [-0.4, -0.2) is 19.9 Å². The molecule has 0 bridgehead atoms. The molecule has 2 aromatic carbocycles. The summed E-state index contributed by atoms with van der Waals surface area (Å²) in [5.74, 6) is 0.886. The van der Waals surface area contributed by atoms with E-state index < -0.39 is 0 Å². The Balaban J connectivity index is 2.47. The van der Waals surface area contributed by atoms with Crippen molar-refractivity contribution in [3.63, 3.8) is 0 Å².